The van der Waals surface area contributed by atoms with Gasteiger partial charge in [-0.1, -0.05) is 27.7 Å². The molecule has 0 heterocycles. The van der Waals surface area contributed by atoms with Crippen molar-refractivity contribution in [3.63, 3.8) is 0 Å². The second kappa shape index (κ2) is 7.66. The van der Waals surface area contributed by atoms with Crippen LogP contribution in [0.1, 0.15) is 109 Å². The molecule has 144 valence electrons. The topological polar surface area (TPSA) is 30.3 Å². The average Bonchev–Trinajstić information content (AvgIpc) is 2.46. The zero-order valence-electron chi connectivity index (χ0n) is 18.7. The molecule has 0 aliphatic carbocycles. The highest BCUT2D eigenvalue weighted by atomic mass is 15.5. The standard InChI is InChI=1S/C21H45N3/c1-13-18(5,6)23(19(7,8)14-2)17(22)24(20(9,10)15-3)21(11,12)16-4/h22H,13-16H2,1-12H3. The van der Waals surface area contributed by atoms with Gasteiger partial charge in [0, 0.05) is 22.2 Å². The lowest BCUT2D eigenvalue weighted by molar-refractivity contribution is 0.0183. The highest BCUT2D eigenvalue weighted by Gasteiger charge is 2.45. The SMILES string of the molecule is CCC(C)(C)N(C(=N)N(C(C)(C)CC)C(C)(C)CC)C(C)(C)CC. The molecule has 0 rings (SSSR count). The van der Waals surface area contributed by atoms with Crippen LogP contribution in [0.2, 0.25) is 0 Å². The van der Waals surface area contributed by atoms with Gasteiger partial charge in [-0.15, -0.1) is 0 Å². The van der Waals surface area contributed by atoms with Crippen LogP contribution in [0.3, 0.4) is 0 Å². The van der Waals surface area contributed by atoms with Crippen molar-refractivity contribution in [3.05, 3.63) is 0 Å². The molecule has 0 bridgehead atoms. The fraction of sp³-hybridized carbons (Fsp3) is 0.952. The number of rotatable bonds is 8. The van der Waals surface area contributed by atoms with Gasteiger partial charge in [-0.25, -0.2) is 0 Å². The summed E-state index contributed by atoms with van der Waals surface area (Å²) >= 11 is 0. The van der Waals surface area contributed by atoms with Gasteiger partial charge in [-0.3, -0.25) is 5.41 Å². The van der Waals surface area contributed by atoms with Gasteiger partial charge in [0.25, 0.3) is 0 Å². The zero-order valence-corrected chi connectivity index (χ0v) is 18.7. The summed E-state index contributed by atoms with van der Waals surface area (Å²) in [5, 5.41) is 9.29. The zero-order chi connectivity index (χ0) is 19.6. The minimum atomic E-state index is -0.0531. The van der Waals surface area contributed by atoms with Crippen molar-refractivity contribution in [1.82, 2.24) is 9.80 Å². The van der Waals surface area contributed by atoms with E-state index in [0.29, 0.717) is 5.96 Å². The lowest BCUT2D eigenvalue weighted by atomic mass is 9.86. The molecule has 0 aliphatic heterocycles. The van der Waals surface area contributed by atoms with E-state index in [1.165, 1.54) is 0 Å². The first-order chi connectivity index (χ1) is 10.6. The lowest BCUT2D eigenvalue weighted by Gasteiger charge is -2.58. The van der Waals surface area contributed by atoms with E-state index in [1.807, 2.05) is 0 Å². The monoisotopic (exact) mass is 339 g/mol. The molecule has 0 saturated carbocycles. The first-order valence-corrected chi connectivity index (χ1v) is 9.83. The van der Waals surface area contributed by atoms with Crippen molar-refractivity contribution >= 4 is 5.96 Å². The predicted molar refractivity (Wildman–Crippen MR) is 109 cm³/mol. The molecule has 0 saturated heterocycles. The Kier molecular flexibility index (Phi) is 7.43. The maximum Gasteiger partial charge on any atom is 0.195 e. The second-order valence-electron chi connectivity index (χ2n) is 9.66. The molecule has 0 aliphatic rings. The first-order valence-electron chi connectivity index (χ1n) is 9.83. The largest absolute Gasteiger partial charge is 0.333 e. The summed E-state index contributed by atoms with van der Waals surface area (Å²) in [4.78, 5) is 4.74. The molecule has 0 aromatic heterocycles. The Morgan fingerprint density at radius 3 is 0.833 bits per heavy atom. The fourth-order valence-corrected chi connectivity index (χ4v) is 3.52. The molecule has 0 spiro atoms. The summed E-state index contributed by atoms with van der Waals surface area (Å²) < 4.78 is 0. The van der Waals surface area contributed by atoms with Crippen LogP contribution in [-0.2, 0) is 0 Å². The molecule has 3 heteroatoms. The van der Waals surface area contributed by atoms with E-state index in [0.717, 1.165) is 25.7 Å². The maximum atomic E-state index is 9.29. The van der Waals surface area contributed by atoms with E-state index < -0.39 is 0 Å². The minimum Gasteiger partial charge on any atom is -0.333 e. The number of hydrogen-bond donors (Lipinski definition) is 1. The third kappa shape index (κ3) is 4.67. The second-order valence-corrected chi connectivity index (χ2v) is 9.66. The number of nitrogens with one attached hydrogen (secondary N) is 1. The number of guanidine groups is 1. The van der Waals surface area contributed by atoms with Crippen molar-refractivity contribution in [3.8, 4) is 0 Å². The van der Waals surface area contributed by atoms with E-state index in [9.17, 15) is 5.41 Å². The van der Waals surface area contributed by atoms with Crippen LogP contribution in [0.4, 0.5) is 0 Å². The molecule has 0 radical (unpaired) electrons. The molecule has 0 amide bonds. The highest BCUT2D eigenvalue weighted by Crippen LogP contribution is 2.37. The first kappa shape index (κ1) is 23.3. The molecular formula is C21H45N3. The Labute approximate surface area is 152 Å². The Morgan fingerprint density at radius 2 is 0.708 bits per heavy atom. The van der Waals surface area contributed by atoms with Crippen LogP contribution >= 0.6 is 0 Å². The van der Waals surface area contributed by atoms with Crippen LogP contribution in [-0.4, -0.2) is 37.9 Å². The van der Waals surface area contributed by atoms with Gasteiger partial charge in [0.15, 0.2) is 5.96 Å². The van der Waals surface area contributed by atoms with Gasteiger partial charge in [0.05, 0.1) is 0 Å². The quantitative estimate of drug-likeness (QED) is 0.416. The molecular weight excluding hydrogens is 294 g/mol. The number of nitrogens with zero attached hydrogens (tertiary/aromatic N) is 2. The van der Waals surface area contributed by atoms with E-state index in [-0.39, 0.29) is 22.2 Å². The average molecular weight is 340 g/mol. The van der Waals surface area contributed by atoms with E-state index in [2.05, 4.69) is 92.9 Å². The van der Waals surface area contributed by atoms with E-state index in [1.54, 1.807) is 0 Å². The molecule has 0 unspecified atom stereocenters. The van der Waals surface area contributed by atoms with Gasteiger partial charge in [0.2, 0.25) is 0 Å². The fourth-order valence-electron chi connectivity index (χ4n) is 3.52. The molecule has 1 N–H and O–H groups in total. The molecule has 0 fully saturated rings. The Balaban J connectivity index is 6.32. The molecule has 3 nitrogen and oxygen atoms in total. The minimum absolute atomic E-state index is 0.0531. The van der Waals surface area contributed by atoms with Crippen LogP contribution in [0.5, 0.6) is 0 Å². The van der Waals surface area contributed by atoms with Gasteiger partial charge in [-0.05, 0) is 81.1 Å². The van der Waals surface area contributed by atoms with Crippen LogP contribution in [0, 0.1) is 5.41 Å². The van der Waals surface area contributed by atoms with E-state index >= 15 is 0 Å². The predicted octanol–water partition coefficient (Wildman–Crippen LogP) is 6.28. The summed E-state index contributed by atoms with van der Waals surface area (Å²) in [6.45, 7) is 27.1. The van der Waals surface area contributed by atoms with Crippen molar-refractivity contribution < 1.29 is 0 Å². The van der Waals surface area contributed by atoms with Crippen LogP contribution in [0.15, 0.2) is 0 Å². The summed E-state index contributed by atoms with van der Waals surface area (Å²) in [5.41, 5.74) is -0.212. The Hall–Kier alpha value is -0.730. The molecule has 0 atom stereocenters. The Morgan fingerprint density at radius 1 is 0.542 bits per heavy atom. The molecule has 24 heavy (non-hydrogen) atoms. The normalized spacial score (nSPS) is 13.8. The summed E-state index contributed by atoms with van der Waals surface area (Å²) in [5.74, 6) is 0.674. The van der Waals surface area contributed by atoms with Gasteiger partial charge < -0.3 is 9.80 Å². The van der Waals surface area contributed by atoms with Gasteiger partial charge in [0.1, 0.15) is 0 Å². The van der Waals surface area contributed by atoms with Crippen LogP contribution in [0.25, 0.3) is 0 Å². The third-order valence-electron chi connectivity index (χ3n) is 6.31. The van der Waals surface area contributed by atoms with Gasteiger partial charge in [-0.2, -0.15) is 0 Å². The summed E-state index contributed by atoms with van der Waals surface area (Å²) in [6, 6.07) is 0. The van der Waals surface area contributed by atoms with Crippen molar-refractivity contribution in [2.24, 2.45) is 0 Å². The molecule has 0 aromatic rings. The lowest BCUT2D eigenvalue weighted by Crippen LogP contribution is -2.68. The van der Waals surface area contributed by atoms with Crippen LogP contribution < -0.4 is 0 Å². The molecule has 0 aromatic carbocycles. The van der Waals surface area contributed by atoms with E-state index in [4.69, 9.17) is 0 Å². The van der Waals surface area contributed by atoms with Gasteiger partial charge >= 0.3 is 0 Å². The number of hydrogen-bond acceptors (Lipinski definition) is 1. The van der Waals surface area contributed by atoms with Crippen molar-refractivity contribution in [1.29, 1.82) is 5.41 Å². The third-order valence-corrected chi connectivity index (χ3v) is 6.31. The summed E-state index contributed by atoms with van der Waals surface area (Å²) in [6.07, 6.45) is 4.08. The van der Waals surface area contributed by atoms with Crippen molar-refractivity contribution in [2.75, 3.05) is 0 Å². The maximum absolute atomic E-state index is 9.29. The smallest absolute Gasteiger partial charge is 0.195 e. The highest BCUT2D eigenvalue weighted by molar-refractivity contribution is 5.80. The van der Waals surface area contributed by atoms with Crippen molar-refractivity contribution in [2.45, 2.75) is 131 Å². The Bertz CT molecular complexity index is 349. The summed E-state index contributed by atoms with van der Waals surface area (Å²) in [7, 11) is 0.